The van der Waals surface area contributed by atoms with Gasteiger partial charge in [0.1, 0.15) is 11.3 Å². The first-order valence-electron chi connectivity index (χ1n) is 4.09. The fourth-order valence-electron chi connectivity index (χ4n) is 1.18. The molecular formula is C9H5ClF6O. The molecular weight excluding hydrogens is 274 g/mol. The van der Waals surface area contributed by atoms with Crippen molar-refractivity contribution in [3.8, 4) is 5.75 Å². The Morgan fingerprint density at radius 3 is 1.88 bits per heavy atom. The molecule has 0 aliphatic carbocycles. The number of ether oxygens (including phenoxy) is 1. The van der Waals surface area contributed by atoms with Gasteiger partial charge in [-0.3, -0.25) is 0 Å². The highest BCUT2D eigenvalue weighted by atomic mass is 35.5. The van der Waals surface area contributed by atoms with Gasteiger partial charge in [0.2, 0.25) is 0 Å². The van der Waals surface area contributed by atoms with Crippen molar-refractivity contribution in [1.82, 2.24) is 0 Å². The minimum absolute atomic E-state index is 0.215. The molecule has 0 radical (unpaired) electrons. The average Bonchev–Trinajstić information content (AvgIpc) is 2.12. The summed E-state index contributed by atoms with van der Waals surface area (Å²) >= 11 is 5.20. The van der Waals surface area contributed by atoms with Gasteiger partial charge in [-0.05, 0) is 12.1 Å². The minimum atomic E-state index is -4.88. The van der Waals surface area contributed by atoms with E-state index in [0.717, 1.165) is 7.11 Å². The smallest absolute Gasteiger partial charge is 0.421 e. The zero-order chi connectivity index (χ0) is 13.4. The zero-order valence-electron chi connectivity index (χ0n) is 8.21. The van der Waals surface area contributed by atoms with Gasteiger partial charge in [-0.15, -0.1) is 0 Å². The first-order valence-corrected chi connectivity index (χ1v) is 4.47. The summed E-state index contributed by atoms with van der Waals surface area (Å²) in [6.07, 6.45) is -9.67. The standard InChI is InChI=1S/C9H5ClF6O/c1-17-6-3-4(8(11,12)13)2-5(10)7(6)9(14,15)16/h2-3H,1H3. The molecule has 0 aliphatic rings. The molecule has 0 saturated heterocycles. The van der Waals surface area contributed by atoms with Crippen LogP contribution in [0.25, 0.3) is 0 Å². The van der Waals surface area contributed by atoms with Crippen LogP contribution in [0.15, 0.2) is 12.1 Å². The van der Waals surface area contributed by atoms with Crippen LogP contribution in [0.4, 0.5) is 26.3 Å². The van der Waals surface area contributed by atoms with E-state index in [0.29, 0.717) is 0 Å². The molecule has 0 heterocycles. The molecule has 1 nitrogen and oxygen atoms in total. The molecule has 0 fully saturated rings. The second kappa shape index (κ2) is 4.29. The Morgan fingerprint density at radius 2 is 1.53 bits per heavy atom. The van der Waals surface area contributed by atoms with Gasteiger partial charge in [-0.1, -0.05) is 11.6 Å². The zero-order valence-corrected chi connectivity index (χ0v) is 8.96. The second-order valence-corrected chi connectivity index (χ2v) is 3.44. The molecule has 0 bridgehead atoms. The first-order chi connectivity index (χ1) is 7.57. The van der Waals surface area contributed by atoms with Crippen LogP contribution in [0.1, 0.15) is 11.1 Å². The molecule has 17 heavy (non-hydrogen) atoms. The van der Waals surface area contributed by atoms with Gasteiger partial charge in [0.05, 0.1) is 17.7 Å². The van der Waals surface area contributed by atoms with E-state index in [2.05, 4.69) is 4.74 Å². The van der Waals surface area contributed by atoms with E-state index < -0.39 is 34.3 Å². The summed E-state index contributed by atoms with van der Waals surface area (Å²) in [5, 5.41) is -1.05. The molecule has 0 spiro atoms. The number of rotatable bonds is 1. The Labute approximate surface area is 96.9 Å². The van der Waals surface area contributed by atoms with Crippen LogP contribution in [0, 0.1) is 0 Å². The van der Waals surface area contributed by atoms with Crippen LogP contribution in [0.5, 0.6) is 5.75 Å². The van der Waals surface area contributed by atoms with Gasteiger partial charge in [0, 0.05) is 0 Å². The van der Waals surface area contributed by atoms with Gasteiger partial charge in [-0.2, -0.15) is 26.3 Å². The monoisotopic (exact) mass is 278 g/mol. The maximum absolute atomic E-state index is 12.5. The molecule has 1 aromatic rings. The van der Waals surface area contributed by atoms with E-state index >= 15 is 0 Å². The summed E-state index contributed by atoms with van der Waals surface area (Å²) in [5.74, 6) is -0.961. The molecule has 0 amide bonds. The van der Waals surface area contributed by atoms with Crippen LogP contribution in [-0.4, -0.2) is 7.11 Å². The number of alkyl halides is 6. The van der Waals surface area contributed by atoms with Crippen molar-refractivity contribution in [2.24, 2.45) is 0 Å². The highest BCUT2D eigenvalue weighted by Gasteiger charge is 2.40. The molecule has 0 unspecified atom stereocenters. The summed E-state index contributed by atoms with van der Waals surface area (Å²) < 4.78 is 78.7. The predicted molar refractivity (Wildman–Crippen MR) is 48.0 cm³/mol. The molecule has 8 heteroatoms. The fraction of sp³-hybridized carbons (Fsp3) is 0.333. The summed E-state index contributed by atoms with van der Waals surface area (Å²) in [6.45, 7) is 0. The highest BCUT2D eigenvalue weighted by Crippen LogP contribution is 2.44. The largest absolute Gasteiger partial charge is 0.496 e. The number of benzene rings is 1. The SMILES string of the molecule is COc1cc(C(F)(F)F)cc(Cl)c1C(F)(F)F. The number of hydrogen-bond donors (Lipinski definition) is 0. The Bertz CT molecular complexity index is 423. The quantitative estimate of drug-likeness (QED) is 0.693. The van der Waals surface area contributed by atoms with Crippen molar-refractivity contribution >= 4 is 11.6 Å². The van der Waals surface area contributed by atoms with Crippen LogP contribution in [-0.2, 0) is 12.4 Å². The van der Waals surface area contributed by atoms with Gasteiger partial charge in [-0.25, -0.2) is 0 Å². The second-order valence-electron chi connectivity index (χ2n) is 3.03. The van der Waals surface area contributed by atoms with E-state index in [-0.39, 0.29) is 12.1 Å². The van der Waals surface area contributed by atoms with Crippen LogP contribution in [0.3, 0.4) is 0 Å². The maximum Gasteiger partial charge on any atom is 0.421 e. The maximum atomic E-state index is 12.5. The predicted octanol–water partition coefficient (Wildman–Crippen LogP) is 4.39. The van der Waals surface area contributed by atoms with Crippen molar-refractivity contribution in [3.63, 3.8) is 0 Å². The average molecular weight is 279 g/mol. The Morgan fingerprint density at radius 1 is 1.00 bits per heavy atom. The lowest BCUT2D eigenvalue weighted by atomic mass is 10.1. The van der Waals surface area contributed by atoms with Crippen LogP contribution < -0.4 is 4.74 Å². The lowest BCUT2D eigenvalue weighted by Crippen LogP contribution is -2.12. The van der Waals surface area contributed by atoms with E-state index in [9.17, 15) is 26.3 Å². The van der Waals surface area contributed by atoms with E-state index in [1.165, 1.54) is 0 Å². The molecule has 0 aromatic heterocycles. The molecule has 0 aliphatic heterocycles. The third-order valence-electron chi connectivity index (χ3n) is 1.88. The third kappa shape index (κ3) is 2.96. The summed E-state index contributed by atoms with van der Waals surface area (Å²) in [6, 6.07) is 0.474. The number of halogens is 7. The Hall–Kier alpha value is -1.11. The van der Waals surface area contributed by atoms with Crippen molar-refractivity contribution < 1.29 is 31.1 Å². The van der Waals surface area contributed by atoms with Gasteiger partial charge < -0.3 is 4.74 Å². The molecule has 0 atom stereocenters. The molecule has 1 rings (SSSR count). The van der Waals surface area contributed by atoms with Gasteiger partial charge >= 0.3 is 12.4 Å². The fourth-order valence-corrected chi connectivity index (χ4v) is 1.50. The Kier molecular flexibility index (Phi) is 3.52. The third-order valence-corrected chi connectivity index (χ3v) is 2.18. The lowest BCUT2D eigenvalue weighted by Gasteiger charge is -2.16. The van der Waals surface area contributed by atoms with Gasteiger partial charge in [0.15, 0.2) is 0 Å². The van der Waals surface area contributed by atoms with E-state index in [4.69, 9.17) is 11.6 Å². The molecule has 0 saturated carbocycles. The number of methoxy groups -OCH3 is 1. The van der Waals surface area contributed by atoms with Crippen molar-refractivity contribution in [2.45, 2.75) is 12.4 Å². The van der Waals surface area contributed by atoms with E-state index in [1.807, 2.05) is 0 Å². The topological polar surface area (TPSA) is 9.23 Å². The van der Waals surface area contributed by atoms with Crippen molar-refractivity contribution in [3.05, 3.63) is 28.3 Å². The summed E-state index contributed by atoms with van der Waals surface area (Å²) in [5.41, 5.74) is -2.72. The van der Waals surface area contributed by atoms with Crippen LogP contribution in [0.2, 0.25) is 5.02 Å². The molecule has 1 aromatic carbocycles. The van der Waals surface area contributed by atoms with E-state index in [1.54, 1.807) is 0 Å². The van der Waals surface area contributed by atoms with Crippen LogP contribution >= 0.6 is 11.6 Å². The summed E-state index contributed by atoms with van der Waals surface area (Å²) in [4.78, 5) is 0. The molecule has 96 valence electrons. The lowest BCUT2D eigenvalue weighted by molar-refractivity contribution is -0.142. The normalized spacial score (nSPS) is 12.7. The first kappa shape index (κ1) is 14.0. The highest BCUT2D eigenvalue weighted by molar-refractivity contribution is 6.31. The molecule has 0 N–H and O–H groups in total. The Balaban J connectivity index is 3.47. The number of hydrogen-bond acceptors (Lipinski definition) is 1. The van der Waals surface area contributed by atoms with Crippen molar-refractivity contribution in [2.75, 3.05) is 7.11 Å². The minimum Gasteiger partial charge on any atom is -0.496 e. The van der Waals surface area contributed by atoms with Gasteiger partial charge in [0.25, 0.3) is 0 Å². The summed E-state index contributed by atoms with van der Waals surface area (Å²) in [7, 11) is 0.834. The van der Waals surface area contributed by atoms with Crippen molar-refractivity contribution in [1.29, 1.82) is 0 Å².